The number of quaternary nitrogens is 1. The number of H-pyrrole nitrogens is 1. The smallest absolute Gasteiger partial charge is 0.496 e. The van der Waals surface area contributed by atoms with E-state index < -0.39 is 80.7 Å². The number of aromatic amines is 1. The molecule has 9 atom stereocenters. The summed E-state index contributed by atoms with van der Waals surface area (Å²) in [5.74, 6) is -4.93. The Kier molecular flexibility index (Phi) is 10.6. The van der Waals surface area contributed by atoms with E-state index in [4.69, 9.17) is 23.8 Å². The van der Waals surface area contributed by atoms with Gasteiger partial charge in [0.2, 0.25) is 5.60 Å². The highest BCUT2D eigenvalue weighted by Gasteiger charge is 2.80. The van der Waals surface area contributed by atoms with Gasteiger partial charge < -0.3 is 33.9 Å². The topological polar surface area (TPSA) is 157 Å². The molecule has 0 unspecified atom stereocenters. The Hall–Kier alpha value is -5.39. The Morgan fingerprint density at radius 3 is 2.42 bits per heavy atom. The number of likely N-dealkylation sites (N-methyl/N-ethyl adjacent to an activating group) is 1. The molecule has 0 amide bonds. The van der Waals surface area contributed by atoms with Crippen LogP contribution in [0.4, 0.5) is 18.9 Å². The molecule has 65 heavy (non-hydrogen) atoms. The second kappa shape index (κ2) is 15.3. The van der Waals surface area contributed by atoms with E-state index in [-0.39, 0.29) is 38.2 Å². The third kappa shape index (κ3) is 6.09. The summed E-state index contributed by atoms with van der Waals surface area (Å²) < 4.78 is 65.2. The molecule has 17 heteroatoms. The van der Waals surface area contributed by atoms with Gasteiger partial charge in [-0.15, -0.1) is 4.65 Å². The molecule has 3 aromatic rings. The van der Waals surface area contributed by atoms with Crippen LogP contribution in [-0.4, -0.2) is 135 Å². The lowest BCUT2D eigenvalue weighted by Gasteiger charge is -2.63. The number of ether oxygens (including phenoxy) is 4. The molecule has 6 heterocycles. The van der Waals surface area contributed by atoms with Gasteiger partial charge in [0.05, 0.1) is 27.4 Å². The lowest BCUT2D eigenvalue weighted by atomic mass is 9.47. The van der Waals surface area contributed by atoms with Crippen LogP contribution < -0.4 is 9.64 Å². The van der Waals surface area contributed by atoms with E-state index in [1.165, 1.54) is 28.3 Å². The average molecular weight is 906 g/mol. The van der Waals surface area contributed by atoms with Gasteiger partial charge in [0, 0.05) is 83.6 Å². The molecule has 5 aliphatic heterocycles. The van der Waals surface area contributed by atoms with Gasteiger partial charge >= 0.3 is 30.1 Å². The molecule has 348 valence electrons. The summed E-state index contributed by atoms with van der Waals surface area (Å²) in [5.41, 5.74) is -1.99. The maximum Gasteiger partial charge on any atom is 0.497 e. The Morgan fingerprint density at radius 2 is 1.75 bits per heavy atom. The van der Waals surface area contributed by atoms with E-state index in [1.54, 1.807) is 7.05 Å². The summed E-state index contributed by atoms with van der Waals surface area (Å²) in [5, 5.41) is 14.1. The summed E-state index contributed by atoms with van der Waals surface area (Å²) in [6, 6.07) is 9.71. The van der Waals surface area contributed by atoms with E-state index in [9.17, 15) is 32.7 Å². The van der Waals surface area contributed by atoms with Crippen molar-refractivity contribution < 1.29 is 65.9 Å². The molecule has 1 aromatic heterocycles. The molecule has 2 N–H and O–H groups in total. The molecule has 1 saturated carbocycles. The molecular weight excluding hydrogens is 850 g/mol. The number of aromatic nitrogens is 1. The number of para-hydroxylation sites is 1. The van der Waals surface area contributed by atoms with Crippen LogP contribution in [0.15, 0.2) is 60.2 Å². The number of fused-ring (bicyclic) bond motifs is 6. The number of alkyl halides is 3. The number of carbonyl (C=O) groups excluding carboxylic acids is 4. The molecule has 1 spiro atoms. The third-order valence-electron chi connectivity index (χ3n) is 15.8. The van der Waals surface area contributed by atoms with Crippen molar-refractivity contribution in [3.63, 3.8) is 0 Å². The third-order valence-corrected chi connectivity index (χ3v) is 15.8. The first-order valence-electron chi connectivity index (χ1n) is 22.3. The minimum Gasteiger partial charge on any atom is -0.496 e. The van der Waals surface area contributed by atoms with Crippen LogP contribution in [0.5, 0.6) is 5.75 Å². The number of esters is 3. The first kappa shape index (κ1) is 44.8. The SMILES string of the molecule is CCC1=C[C@H]2C[C@](C(=O)OC)(c3cc4c(cc3OC)N(C)[C@H]3[C@@](O)(C(=O)OC)[C@H](OC(C)=O)[C@]5(CC)C=CCN6CC[C@]43[C@@H]65)c3[nH]c4ccccc4c3CC[N@@+](OC(=O)C(F)(F)F)(C1)C2. The van der Waals surface area contributed by atoms with Crippen molar-refractivity contribution >= 4 is 40.5 Å². The van der Waals surface area contributed by atoms with Crippen molar-refractivity contribution in [2.45, 2.75) is 93.7 Å². The number of hydrogen-bond acceptors (Lipinski definition) is 12. The van der Waals surface area contributed by atoms with Gasteiger partial charge in [-0.05, 0) is 61.1 Å². The highest BCUT2D eigenvalue weighted by Crippen LogP contribution is 2.68. The predicted octanol–water partition coefficient (Wildman–Crippen LogP) is 5.33. The molecular formula is C48H56F3N4O10+. The average Bonchev–Trinajstić information content (AvgIpc) is 3.95. The molecule has 2 aromatic carbocycles. The number of nitrogens with zero attached hydrogens (tertiary/aromatic N) is 3. The van der Waals surface area contributed by atoms with Gasteiger partial charge in [-0.2, -0.15) is 13.2 Å². The zero-order chi connectivity index (χ0) is 46.6. The van der Waals surface area contributed by atoms with E-state index in [1.807, 2.05) is 73.4 Å². The lowest BCUT2D eigenvalue weighted by Crippen LogP contribution is -2.81. The number of benzene rings is 2. The van der Waals surface area contributed by atoms with Crippen molar-refractivity contribution in [1.82, 2.24) is 9.88 Å². The van der Waals surface area contributed by atoms with Crippen LogP contribution in [0.3, 0.4) is 0 Å². The molecule has 2 bridgehead atoms. The van der Waals surface area contributed by atoms with Crippen LogP contribution >= 0.6 is 0 Å². The summed E-state index contributed by atoms with van der Waals surface area (Å²) in [7, 11) is 5.76. The number of hydrogen-bond donors (Lipinski definition) is 2. The molecule has 2 fully saturated rings. The van der Waals surface area contributed by atoms with Gasteiger partial charge in [0.25, 0.3) is 0 Å². The first-order chi connectivity index (χ1) is 30.8. The van der Waals surface area contributed by atoms with Crippen molar-refractivity contribution in [2.75, 3.05) is 66.0 Å². The molecule has 14 nitrogen and oxygen atoms in total. The number of rotatable bonds is 8. The highest BCUT2D eigenvalue weighted by atomic mass is 19.4. The Morgan fingerprint density at radius 1 is 1.02 bits per heavy atom. The number of methoxy groups -OCH3 is 3. The fraction of sp³-hybridized carbons (Fsp3) is 0.542. The van der Waals surface area contributed by atoms with Gasteiger partial charge in [-0.3, -0.25) is 19.3 Å². The number of nitrogens with one attached hydrogen (secondary N) is 1. The Balaban J connectivity index is 1.35. The molecule has 1 saturated heterocycles. The van der Waals surface area contributed by atoms with Crippen LogP contribution in [-0.2, 0) is 55.5 Å². The minimum atomic E-state index is -5.24. The number of carbonyl (C=O) groups is 4. The van der Waals surface area contributed by atoms with Gasteiger partial charge in [0.1, 0.15) is 30.8 Å². The van der Waals surface area contributed by atoms with Crippen LogP contribution in [0.1, 0.15) is 68.8 Å². The largest absolute Gasteiger partial charge is 0.497 e. The number of aliphatic hydroxyl groups is 1. The van der Waals surface area contributed by atoms with Gasteiger partial charge in [-0.1, -0.05) is 50.3 Å². The van der Waals surface area contributed by atoms with Crippen LogP contribution in [0.25, 0.3) is 10.9 Å². The summed E-state index contributed by atoms with van der Waals surface area (Å²) in [6.07, 6.45) is 0.711. The standard InChI is InChI=1S/C48H56F3N4O10/c1-8-28-21-29-24-46(41(57)62-6,37-31(30-13-10-11-14-34(30)52-37)15-20-55(25-28,26-29)65-43(59)48(49,50)51)33-22-32-35(23-36(33)61-5)53(4)39-45(32)17-19-54-18-12-16-44(9-2,38(45)54)40(64-27(3)56)47(39,60)42(58)63-7/h10-14,16,21-23,29,38-40,52,60H,8-9,15,17-20,24-26H2,1-7H3/q+1/t29-,38-,39+,40+,44+,45+,46-,47-,55+/m0/s1. The fourth-order valence-corrected chi connectivity index (χ4v) is 13.6. The summed E-state index contributed by atoms with van der Waals surface area (Å²) in [6.45, 7) is 6.18. The Bertz CT molecular complexity index is 2560. The van der Waals surface area contributed by atoms with Crippen molar-refractivity contribution in [1.29, 1.82) is 0 Å². The maximum atomic E-state index is 15.4. The lowest BCUT2D eigenvalue weighted by molar-refractivity contribution is -1.09. The highest BCUT2D eigenvalue weighted by molar-refractivity contribution is 5.95. The second-order valence-corrected chi connectivity index (χ2v) is 18.8. The predicted molar refractivity (Wildman–Crippen MR) is 230 cm³/mol. The molecule has 0 radical (unpaired) electrons. The fourth-order valence-electron chi connectivity index (χ4n) is 13.6. The minimum absolute atomic E-state index is 0.0155. The maximum absolute atomic E-state index is 15.4. The van der Waals surface area contributed by atoms with Gasteiger partial charge in [0.15, 0.2) is 6.10 Å². The van der Waals surface area contributed by atoms with E-state index in [2.05, 4.69) is 9.88 Å². The van der Waals surface area contributed by atoms with Crippen molar-refractivity contribution in [3.8, 4) is 5.75 Å². The number of halogens is 3. The van der Waals surface area contributed by atoms with E-state index in [0.29, 0.717) is 60.4 Å². The zero-order valence-corrected chi connectivity index (χ0v) is 37.7. The summed E-state index contributed by atoms with van der Waals surface area (Å²) in [4.78, 5) is 69.0. The molecule has 9 rings (SSSR count). The van der Waals surface area contributed by atoms with Gasteiger partial charge in [-0.25, -0.2) is 9.59 Å². The molecule has 6 aliphatic rings. The monoisotopic (exact) mass is 905 g/mol. The van der Waals surface area contributed by atoms with E-state index >= 15 is 4.79 Å². The van der Waals surface area contributed by atoms with Crippen LogP contribution in [0, 0.1) is 11.3 Å². The van der Waals surface area contributed by atoms with Crippen molar-refractivity contribution in [3.05, 3.63) is 82.6 Å². The quantitative estimate of drug-likeness (QED) is 0.130. The number of anilines is 1. The van der Waals surface area contributed by atoms with Crippen LogP contribution in [0.2, 0.25) is 0 Å². The second-order valence-electron chi connectivity index (χ2n) is 18.8. The number of hydroxylamine groups is 3. The summed E-state index contributed by atoms with van der Waals surface area (Å²) >= 11 is 0. The first-order valence-corrected chi connectivity index (χ1v) is 22.3. The zero-order valence-electron chi connectivity index (χ0n) is 37.7. The normalized spacial score (nSPS) is 33.6. The van der Waals surface area contributed by atoms with E-state index in [0.717, 1.165) is 16.5 Å². The van der Waals surface area contributed by atoms with Crippen molar-refractivity contribution in [2.24, 2.45) is 11.3 Å². The Labute approximate surface area is 374 Å². The molecule has 1 aliphatic carbocycles.